The molecule has 2 aliphatic heterocycles. The van der Waals surface area contributed by atoms with E-state index in [1.807, 2.05) is 6.92 Å². The van der Waals surface area contributed by atoms with Gasteiger partial charge in [-0.1, -0.05) is 13.8 Å². The van der Waals surface area contributed by atoms with E-state index >= 15 is 0 Å². The minimum Gasteiger partial charge on any atom is -0.458 e. The van der Waals surface area contributed by atoms with Crippen molar-refractivity contribution in [3.8, 4) is 17.1 Å². The van der Waals surface area contributed by atoms with Gasteiger partial charge in [0, 0.05) is 28.6 Å². The van der Waals surface area contributed by atoms with Gasteiger partial charge >= 0.3 is 12.1 Å². The molecule has 0 saturated heterocycles. The Morgan fingerprint density at radius 2 is 1.90 bits per heavy atom. The molecule has 0 aliphatic carbocycles. The number of cyclic esters (lactones) is 1. The maximum Gasteiger partial charge on any atom is 0.514 e. The lowest BCUT2D eigenvalue weighted by Crippen LogP contribution is -2.44. The van der Waals surface area contributed by atoms with Crippen molar-refractivity contribution < 1.29 is 33.8 Å². The third kappa shape index (κ3) is 4.27. The highest BCUT2D eigenvalue weighted by atomic mass is 16.7. The Kier molecular flexibility index (Phi) is 6.49. The molecule has 0 fully saturated rings. The number of nitro benzene ring substituents is 1. The molecule has 1 N–H and O–H groups in total. The molecule has 0 bridgehead atoms. The highest BCUT2D eigenvalue weighted by Gasteiger charge is 2.45. The number of esters is 1. The predicted octanol–water partition coefficient (Wildman–Crippen LogP) is 4.27. The Labute approximate surface area is 238 Å². The lowest BCUT2D eigenvalue weighted by Gasteiger charge is -2.31. The van der Waals surface area contributed by atoms with E-state index in [-0.39, 0.29) is 54.3 Å². The molecule has 4 heterocycles. The van der Waals surface area contributed by atoms with Crippen LogP contribution in [0.25, 0.3) is 22.3 Å². The van der Waals surface area contributed by atoms with Gasteiger partial charge in [-0.05, 0) is 60.4 Å². The SMILES string of the molecule is CCc1c2c(nc3ccc(OC(=O)OCc4ccc([N+](=O)[O-])cc4)cc13)-c1cc3c(c(=O)n1C2)COC(=O)C3(O)CC. The minimum absolute atomic E-state index is 0.0546. The smallest absolute Gasteiger partial charge is 0.458 e. The molecular formula is C30H25N3O9. The third-order valence-electron chi connectivity index (χ3n) is 7.84. The molecule has 2 aromatic carbocycles. The minimum atomic E-state index is -1.91. The molecule has 2 aromatic heterocycles. The molecule has 0 amide bonds. The van der Waals surface area contributed by atoms with E-state index in [1.54, 1.807) is 35.8 Å². The average molecular weight is 572 g/mol. The molecule has 0 saturated carbocycles. The maximum atomic E-state index is 13.5. The van der Waals surface area contributed by atoms with E-state index in [4.69, 9.17) is 19.2 Å². The number of nitro groups is 1. The van der Waals surface area contributed by atoms with Crippen LogP contribution in [0.1, 0.15) is 48.1 Å². The van der Waals surface area contributed by atoms with E-state index < -0.39 is 22.6 Å². The molecule has 214 valence electrons. The van der Waals surface area contributed by atoms with Crippen molar-refractivity contribution in [1.82, 2.24) is 9.55 Å². The fraction of sp³-hybridized carbons (Fsp3) is 0.267. The lowest BCUT2D eigenvalue weighted by molar-refractivity contribution is -0.384. The van der Waals surface area contributed by atoms with E-state index in [2.05, 4.69) is 0 Å². The number of fused-ring (bicyclic) bond motifs is 5. The van der Waals surface area contributed by atoms with Gasteiger partial charge in [0.1, 0.15) is 19.0 Å². The maximum absolute atomic E-state index is 13.5. The molecule has 2 aliphatic rings. The number of non-ortho nitro benzene ring substituents is 1. The monoisotopic (exact) mass is 571 g/mol. The van der Waals surface area contributed by atoms with Gasteiger partial charge in [-0.3, -0.25) is 14.9 Å². The number of rotatable bonds is 6. The first-order chi connectivity index (χ1) is 20.1. The van der Waals surface area contributed by atoms with Crippen LogP contribution in [0, 0.1) is 10.1 Å². The van der Waals surface area contributed by atoms with Crippen LogP contribution in [0.2, 0.25) is 0 Å². The summed E-state index contributed by atoms with van der Waals surface area (Å²) in [5.41, 5.74) is 2.21. The number of benzene rings is 2. The van der Waals surface area contributed by atoms with E-state index in [0.717, 1.165) is 16.5 Å². The molecule has 0 radical (unpaired) electrons. The fourth-order valence-corrected chi connectivity index (χ4v) is 5.59. The number of aromatic nitrogens is 2. The number of hydrogen-bond donors (Lipinski definition) is 1. The van der Waals surface area contributed by atoms with E-state index in [9.17, 15) is 29.6 Å². The van der Waals surface area contributed by atoms with Gasteiger partial charge in [0.15, 0.2) is 5.60 Å². The Bertz CT molecular complexity index is 1860. The number of aliphatic hydroxyl groups is 1. The van der Waals surface area contributed by atoms with E-state index in [0.29, 0.717) is 28.9 Å². The summed E-state index contributed by atoms with van der Waals surface area (Å²) in [5, 5.41) is 22.6. The third-order valence-corrected chi connectivity index (χ3v) is 7.84. The van der Waals surface area contributed by atoms with Crippen molar-refractivity contribution >= 4 is 28.7 Å². The summed E-state index contributed by atoms with van der Waals surface area (Å²) >= 11 is 0. The first kappa shape index (κ1) is 27.1. The van der Waals surface area contributed by atoms with Gasteiger partial charge in [0.2, 0.25) is 0 Å². The van der Waals surface area contributed by atoms with Crippen molar-refractivity contribution in [2.45, 2.75) is 52.0 Å². The molecule has 12 nitrogen and oxygen atoms in total. The molecule has 6 rings (SSSR count). The van der Waals surface area contributed by atoms with Gasteiger partial charge in [-0.15, -0.1) is 0 Å². The second kappa shape index (κ2) is 10.1. The van der Waals surface area contributed by atoms with Gasteiger partial charge < -0.3 is 23.9 Å². The second-order valence-corrected chi connectivity index (χ2v) is 10.1. The summed E-state index contributed by atoms with van der Waals surface area (Å²) < 4.78 is 17.3. The fourth-order valence-electron chi connectivity index (χ4n) is 5.59. The normalized spacial score (nSPS) is 16.8. The molecule has 1 unspecified atom stereocenters. The van der Waals surface area contributed by atoms with Crippen LogP contribution in [-0.2, 0) is 46.0 Å². The number of pyridine rings is 2. The Balaban J connectivity index is 1.30. The first-order valence-corrected chi connectivity index (χ1v) is 13.3. The number of ether oxygens (including phenoxy) is 3. The average Bonchev–Trinajstić information content (AvgIpc) is 3.35. The Morgan fingerprint density at radius 1 is 1.14 bits per heavy atom. The van der Waals surface area contributed by atoms with Crippen LogP contribution in [-0.4, -0.2) is 31.7 Å². The summed E-state index contributed by atoms with van der Waals surface area (Å²) in [7, 11) is 0. The van der Waals surface area contributed by atoms with Crippen molar-refractivity contribution in [2.75, 3.05) is 0 Å². The summed E-state index contributed by atoms with van der Waals surface area (Å²) in [4.78, 5) is 53.4. The second-order valence-electron chi connectivity index (χ2n) is 10.1. The number of carbonyl (C=O) groups excluding carboxylic acids is 2. The zero-order chi connectivity index (χ0) is 29.8. The molecule has 42 heavy (non-hydrogen) atoms. The van der Waals surface area contributed by atoms with Gasteiger partial charge in [0.05, 0.1) is 33.9 Å². The first-order valence-electron chi connectivity index (χ1n) is 13.3. The number of aryl methyl sites for hydroxylation is 1. The molecule has 4 aromatic rings. The highest BCUT2D eigenvalue weighted by Crippen LogP contribution is 2.40. The quantitative estimate of drug-likeness (QED) is 0.135. The molecule has 0 spiro atoms. The van der Waals surface area contributed by atoms with Crippen LogP contribution in [0.4, 0.5) is 10.5 Å². The Hall–Kier alpha value is -5.10. The molecule has 12 heteroatoms. The van der Waals surface area contributed by atoms with Crippen molar-refractivity contribution in [3.05, 3.63) is 96.8 Å². The van der Waals surface area contributed by atoms with Crippen LogP contribution >= 0.6 is 0 Å². The van der Waals surface area contributed by atoms with Crippen molar-refractivity contribution in [2.24, 2.45) is 0 Å². The summed E-state index contributed by atoms with van der Waals surface area (Å²) in [5.74, 6) is -0.543. The zero-order valence-corrected chi connectivity index (χ0v) is 22.7. The zero-order valence-electron chi connectivity index (χ0n) is 22.7. The highest BCUT2D eigenvalue weighted by molar-refractivity contribution is 5.90. The van der Waals surface area contributed by atoms with Crippen LogP contribution in [0.3, 0.4) is 0 Å². The number of nitrogens with zero attached hydrogens (tertiary/aromatic N) is 3. The number of hydrogen-bond acceptors (Lipinski definition) is 10. The molecular weight excluding hydrogens is 546 g/mol. The van der Waals surface area contributed by atoms with Gasteiger partial charge in [-0.25, -0.2) is 14.6 Å². The standard InChI is InChI=1S/C30H25N3O9/c1-3-19-20-11-18(42-29(36)41-14-16-5-7-17(8-6-16)33(38)39)9-10-24(20)31-26-21(19)13-32-25(26)12-23-22(27(32)34)15-40-28(35)30(23,37)4-2/h5-12,37H,3-4,13-15H2,1-2H3. The van der Waals surface area contributed by atoms with Crippen molar-refractivity contribution in [1.29, 1.82) is 0 Å². The van der Waals surface area contributed by atoms with Crippen LogP contribution < -0.4 is 10.3 Å². The summed E-state index contributed by atoms with van der Waals surface area (Å²) in [6.45, 7) is 3.55. The van der Waals surface area contributed by atoms with E-state index in [1.165, 1.54) is 24.3 Å². The largest absolute Gasteiger partial charge is 0.514 e. The van der Waals surface area contributed by atoms with Gasteiger partial charge in [0.25, 0.3) is 11.2 Å². The topological polar surface area (TPSA) is 160 Å². The number of carbonyl (C=O) groups is 2. The molecule has 1 atom stereocenters. The van der Waals surface area contributed by atoms with Gasteiger partial charge in [-0.2, -0.15) is 0 Å². The summed E-state index contributed by atoms with van der Waals surface area (Å²) in [6, 6.07) is 12.3. The summed E-state index contributed by atoms with van der Waals surface area (Å²) in [6.07, 6.45) is -0.290. The predicted molar refractivity (Wildman–Crippen MR) is 148 cm³/mol. The van der Waals surface area contributed by atoms with Crippen LogP contribution in [0.15, 0.2) is 53.3 Å². The van der Waals surface area contributed by atoms with Crippen molar-refractivity contribution in [3.63, 3.8) is 0 Å². The lowest BCUT2D eigenvalue weighted by atomic mass is 9.86. The Morgan fingerprint density at radius 3 is 2.60 bits per heavy atom. The van der Waals surface area contributed by atoms with Crippen LogP contribution in [0.5, 0.6) is 5.75 Å².